The number of carbonyl (C=O) groups is 1. The molecule has 0 heterocycles. The Morgan fingerprint density at radius 2 is 2.05 bits per heavy atom. The number of halogens is 1. The van der Waals surface area contributed by atoms with Gasteiger partial charge in [0, 0.05) is 21.3 Å². The van der Waals surface area contributed by atoms with E-state index in [1.807, 2.05) is 36.9 Å². The van der Waals surface area contributed by atoms with Crippen molar-refractivity contribution in [1.82, 2.24) is 5.32 Å². The minimum Gasteiger partial charge on any atom is -0.351 e. The molecular formula is C15H20BrNOS. The molecule has 0 aliphatic heterocycles. The second-order valence-electron chi connectivity index (χ2n) is 5.29. The predicted octanol–water partition coefficient (Wildman–Crippen LogP) is 4.16. The van der Waals surface area contributed by atoms with E-state index in [1.165, 1.54) is 25.7 Å². The fraction of sp³-hybridized carbons (Fsp3) is 0.533. The third-order valence-corrected chi connectivity index (χ3v) is 5.70. The molecule has 0 atom stereocenters. The van der Waals surface area contributed by atoms with Crippen molar-refractivity contribution in [3.8, 4) is 0 Å². The quantitative estimate of drug-likeness (QED) is 0.890. The van der Waals surface area contributed by atoms with E-state index in [1.54, 1.807) is 0 Å². The van der Waals surface area contributed by atoms with Crippen molar-refractivity contribution in [3.63, 3.8) is 0 Å². The zero-order chi connectivity index (χ0) is 13.9. The molecule has 0 unspecified atom stereocenters. The standard InChI is InChI=1S/C15H20BrNOS/c1-11-7-12(9-13(16)8-11)14(18)17-10-15(19-2)5-3-4-6-15/h7-9H,3-6,10H2,1-2H3,(H,17,18). The highest BCUT2D eigenvalue weighted by molar-refractivity contribution is 9.10. The summed E-state index contributed by atoms with van der Waals surface area (Å²) in [6.07, 6.45) is 7.15. The van der Waals surface area contributed by atoms with Gasteiger partial charge < -0.3 is 5.32 Å². The molecule has 4 heteroatoms. The fourth-order valence-corrected chi connectivity index (χ4v) is 4.20. The number of nitrogens with one attached hydrogen (secondary N) is 1. The first-order valence-corrected chi connectivity index (χ1v) is 8.67. The first-order chi connectivity index (χ1) is 9.04. The van der Waals surface area contributed by atoms with Gasteiger partial charge in [-0.1, -0.05) is 28.8 Å². The summed E-state index contributed by atoms with van der Waals surface area (Å²) in [5.74, 6) is 0.0322. The number of benzene rings is 1. The van der Waals surface area contributed by atoms with Crippen molar-refractivity contribution in [2.75, 3.05) is 12.8 Å². The Bertz CT molecular complexity index is 449. The Kier molecular flexibility index (Phi) is 4.96. The number of aryl methyl sites for hydroxylation is 1. The SMILES string of the molecule is CSC1(CNC(=O)c2cc(C)cc(Br)c2)CCCC1. The Hall–Kier alpha value is -0.480. The topological polar surface area (TPSA) is 29.1 Å². The highest BCUT2D eigenvalue weighted by atomic mass is 79.9. The number of rotatable bonds is 4. The lowest BCUT2D eigenvalue weighted by Crippen LogP contribution is -2.38. The Labute approximate surface area is 127 Å². The monoisotopic (exact) mass is 341 g/mol. The van der Waals surface area contributed by atoms with Crippen LogP contribution in [-0.4, -0.2) is 23.5 Å². The van der Waals surface area contributed by atoms with Crippen LogP contribution in [0, 0.1) is 6.92 Å². The van der Waals surface area contributed by atoms with Crippen molar-refractivity contribution in [2.24, 2.45) is 0 Å². The molecular weight excluding hydrogens is 322 g/mol. The highest BCUT2D eigenvalue weighted by Crippen LogP contribution is 2.39. The van der Waals surface area contributed by atoms with Crippen LogP contribution in [0.5, 0.6) is 0 Å². The van der Waals surface area contributed by atoms with E-state index >= 15 is 0 Å². The maximum atomic E-state index is 12.2. The minimum absolute atomic E-state index is 0.0322. The first-order valence-electron chi connectivity index (χ1n) is 6.65. The summed E-state index contributed by atoms with van der Waals surface area (Å²) in [6.45, 7) is 2.78. The summed E-state index contributed by atoms with van der Waals surface area (Å²) in [5, 5.41) is 3.11. The van der Waals surface area contributed by atoms with Gasteiger partial charge in [0.05, 0.1) is 0 Å². The van der Waals surface area contributed by atoms with Crippen LogP contribution in [0.3, 0.4) is 0 Å². The minimum atomic E-state index is 0.0322. The van der Waals surface area contributed by atoms with Crippen molar-refractivity contribution in [2.45, 2.75) is 37.4 Å². The summed E-state index contributed by atoms with van der Waals surface area (Å²) in [6, 6.07) is 5.82. The highest BCUT2D eigenvalue weighted by Gasteiger charge is 2.33. The third kappa shape index (κ3) is 3.76. The van der Waals surface area contributed by atoms with Crippen LogP contribution in [0.2, 0.25) is 0 Å². The zero-order valence-corrected chi connectivity index (χ0v) is 13.9. The van der Waals surface area contributed by atoms with Gasteiger partial charge in [-0.3, -0.25) is 4.79 Å². The van der Waals surface area contributed by atoms with E-state index in [4.69, 9.17) is 0 Å². The molecule has 1 saturated carbocycles. The average Bonchev–Trinajstić information content (AvgIpc) is 2.84. The van der Waals surface area contributed by atoms with Crippen molar-refractivity contribution >= 4 is 33.6 Å². The van der Waals surface area contributed by atoms with Crippen molar-refractivity contribution < 1.29 is 4.79 Å². The Balaban J connectivity index is 2.01. The second-order valence-corrected chi connectivity index (χ2v) is 7.48. The Morgan fingerprint density at radius 1 is 1.37 bits per heavy atom. The third-order valence-electron chi connectivity index (χ3n) is 3.82. The van der Waals surface area contributed by atoms with E-state index in [-0.39, 0.29) is 10.7 Å². The van der Waals surface area contributed by atoms with Crippen LogP contribution >= 0.6 is 27.7 Å². The number of hydrogen-bond acceptors (Lipinski definition) is 2. The molecule has 2 nitrogen and oxygen atoms in total. The van der Waals surface area contributed by atoms with Gasteiger partial charge in [-0.25, -0.2) is 0 Å². The molecule has 1 aliphatic rings. The lowest BCUT2D eigenvalue weighted by atomic mass is 10.1. The first kappa shape index (κ1) is 14.9. The molecule has 1 aromatic carbocycles. The van der Waals surface area contributed by atoms with Crippen LogP contribution in [0.1, 0.15) is 41.6 Å². The lowest BCUT2D eigenvalue weighted by Gasteiger charge is -2.26. The molecule has 0 saturated heterocycles. The molecule has 1 amide bonds. The van der Waals surface area contributed by atoms with Gasteiger partial charge in [0.15, 0.2) is 0 Å². The zero-order valence-electron chi connectivity index (χ0n) is 11.5. The smallest absolute Gasteiger partial charge is 0.251 e. The molecule has 1 fully saturated rings. The molecule has 1 N–H and O–H groups in total. The van der Waals surface area contributed by atoms with E-state index in [0.717, 1.165) is 22.1 Å². The van der Waals surface area contributed by atoms with Gasteiger partial charge in [-0.2, -0.15) is 11.8 Å². The second kappa shape index (κ2) is 6.31. The van der Waals surface area contributed by atoms with Gasteiger partial charge >= 0.3 is 0 Å². The number of carbonyl (C=O) groups excluding carboxylic acids is 1. The summed E-state index contributed by atoms with van der Waals surface area (Å²) >= 11 is 5.34. The summed E-state index contributed by atoms with van der Waals surface area (Å²) in [7, 11) is 0. The van der Waals surface area contributed by atoms with Gasteiger partial charge in [-0.05, 0) is 49.8 Å². The average molecular weight is 342 g/mol. The molecule has 0 aromatic heterocycles. The van der Waals surface area contributed by atoms with E-state index < -0.39 is 0 Å². The van der Waals surface area contributed by atoms with E-state index in [9.17, 15) is 4.79 Å². The van der Waals surface area contributed by atoms with Crippen LogP contribution < -0.4 is 5.32 Å². The van der Waals surface area contributed by atoms with E-state index in [2.05, 4.69) is 27.5 Å². The van der Waals surface area contributed by atoms with Crippen LogP contribution in [0.15, 0.2) is 22.7 Å². The van der Waals surface area contributed by atoms with Gasteiger partial charge in [0.1, 0.15) is 0 Å². The summed E-state index contributed by atoms with van der Waals surface area (Å²) in [4.78, 5) is 12.2. The molecule has 1 aromatic rings. The van der Waals surface area contributed by atoms with Gasteiger partial charge in [0.2, 0.25) is 0 Å². The number of amides is 1. The predicted molar refractivity (Wildman–Crippen MR) is 85.9 cm³/mol. The van der Waals surface area contributed by atoms with Gasteiger partial charge in [-0.15, -0.1) is 0 Å². The van der Waals surface area contributed by atoms with Gasteiger partial charge in [0.25, 0.3) is 5.91 Å². The molecule has 0 bridgehead atoms. The lowest BCUT2D eigenvalue weighted by molar-refractivity contribution is 0.0949. The molecule has 0 spiro atoms. The molecule has 1 aliphatic carbocycles. The van der Waals surface area contributed by atoms with Crippen LogP contribution in [-0.2, 0) is 0 Å². The Morgan fingerprint density at radius 3 is 2.63 bits per heavy atom. The summed E-state index contributed by atoms with van der Waals surface area (Å²) < 4.78 is 1.22. The molecule has 0 radical (unpaired) electrons. The van der Waals surface area contributed by atoms with Crippen LogP contribution in [0.4, 0.5) is 0 Å². The number of thioether (sulfide) groups is 1. The number of hydrogen-bond donors (Lipinski definition) is 1. The van der Waals surface area contributed by atoms with Crippen molar-refractivity contribution in [3.05, 3.63) is 33.8 Å². The van der Waals surface area contributed by atoms with E-state index in [0.29, 0.717) is 0 Å². The van der Waals surface area contributed by atoms with Crippen LogP contribution in [0.25, 0.3) is 0 Å². The largest absolute Gasteiger partial charge is 0.351 e. The van der Waals surface area contributed by atoms with Crippen molar-refractivity contribution in [1.29, 1.82) is 0 Å². The molecule has 2 rings (SSSR count). The maximum absolute atomic E-state index is 12.2. The maximum Gasteiger partial charge on any atom is 0.251 e. The normalized spacial score (nSPS) is 17.4. The molecule has 19 heavy (non-hydrogen) atoms. The summed E-state index contributed by atoms with van der Waals surface area (Å²) in [5.41, 5.74) is 1.83. The molecule has 104 valence electrons. The fourth-order valence-electron chi connectivity index (χ4n) is 2.68.